The predicted octanol–water partition coefficient (Wildman–Crippen LogP) is 2.98. The van der Waals surface area contributed by atoms with E-state index in [9.17, 15) is 10.1 Å². The summed E-state index contributed by atoms with van der Waals surface area (Å²) in [5.74, 6) is 1.21. The molecule has 2 rings (SSSR count). The van der Waals surface area contributed by atoms with E-state index in [1.165, 1.54) is 20.3 Å². The van der Waals surface area contributed by atoms with Gasteiger partial charge >= 0.3 is 5.69 Å². The molecule has 1 aromatic heterocycles. The maximum Gasteiger partial charge on any atom is 0.318 e. The lowest BCUT2D eigenvalue weighted by Crippen LogP contribution is -1.96. The summed E-state index contributed by atoms with van der Waals surface area (Å²) in [5, 5.41) is 11.7. The molecule has 0 atom stereocenters. The van der Waals surface area contributed by atoms with E-state index in [0.29, 0.717) is 22.5 Å². The van der Waals surface area contributed by atoms with Gasteiger partial charge in [-0.15, -0.1) is 0 Å². The smallest absolute Gasteiger partial charge is 0.318 e. The van der Waals surface area contributed by atoms with Crippen molar-refractivity contribution in [2.75, 3.05) is 14.2 Å². The lowest BCUT2D eigenvalue weighted by atomic mass is 10.1. The van der Waals surface area contributed by atoms with Gasteiger partial charge in [0.05, 0.1) is 30.6 Å². The van der Waals surface area contributed by atoms with Gasteiger partial charge in [-0.2, -0.15) is 0 Å². The fourth-order valence-electron chi connectivity index (χ4n) is 1.96. The van der Waals surface area contributed by atoms with Crippen LogP contribution < -0.4 is 9.47 Å². The van der Waals surface area contributed by atoms with Crippen LogP contribution in [0.2, 0.25) is 0 Å². The molecule has 2 aromatic rings. The minimum atomic E-state index is -0.520. The standard InChI is InChI=1S/C12H13NO5/c1-6-7(2)18-12-10(6)9(16-3)5-8(13(14)15)11(12)17-4/h5H,1-4H3. The fourth-order valence-corrected chi connectivity index (χ4v) is 1.96. The lowest BCUT2D eigenvalue weighted by Gasteiger charge is -2.06. The third-order valence-electron chi connectivity index (χ3n) is 2.96. The first kappa shape index (κ1) is 12.2. The van der Waals surface area contributed by atoms with E-state index >= 15 is 0 Å². The fraction of sp³-hybridized carbons (Fsp3) is 0.333. The van der Waals surface area contributed by atoms with Crippen LogP contribution in [0.3, 0.4) is 0 Å². The van der Waals surface area contributed by atoms with Crippen LogP contribution in [0.25, 0.3) is 11.0 Å². The summed E-state index contributed by atoms with van der Waals surface area (Å²) < 4.78 is 15.8. The van der Waals surface area contributed by atoms with Gasteiger partial charge < -0.3 is 13.9 Å². The Morgan fingerprint density at radius 1 is 1.28 bits per heavy atom. The van der Waals surface area contributed by atoms with Crippen molar-refractivity contribution in [3.8, 4) is 11.5 Å². The van der Waals surface area contributed by atoms with Gasteiger partial charge in [0.1, 0.15) is 11.5 Å². The van der Waals surface area contributed by atoms with Crippen LogP contribution in [0.4, 0.5) is 5.69 Å². The summed E-state index contributed by atoms with van der Waals surface area (Å²) in [4.78, 5) is 10.5. The number of benzene rings is 1. The molecule has 0 bridgehead atoms. The molecular formula is C12H13NO5. The number of nitro groups is 1. The summed E-state index contributed by atoms with van der Waals surface area (Å²) in [5.41, 5.74) is 1.06. The molecule has 0 unspecified atom stereocenters. The Labute approximate surface area is 103 Å². The van der Waals surface area contributed by atoms with Crippen LogP contribution in [-0.2, 0) is 0 Å². The number of rotatable bonds is 3. The molecule has 0 N–H and O–H groups in total. The van der Waals surface area contributed by atoms with Gasteiger partial charge in [-0.25, -0.2) is 0 Å². The topological polar surface area (TPSA) is 74.7 Å². The Morgan fingerprint density at radius 2 is 1.94 bits per heavy atom. The maximum absolute atomic E-state index is 11.0. The van der Waals surface area contributed by atoms with E-state index in [2.05, 4.69) is 0 Å². The van der Waals surface area contributed by atoms with E-state index in [0.717, 1.165) is 5.56 Å². The molecule has 1 aromatic carbocycles. The Morgan fingerprint density at radius 3 is 2.44 bits per heavy atom. The second-order valence-corrected chi connectivity index (χ2v) is 3.88. The predicted molar refractivity (Wildman–Crippen MR) is 65.4 cm³/mol. The van der Waals surface area contributed by atoms with Gasteiger partial charge in [-0.3, -0.25) is 10.1 Å². The third-order valence-corrected chi connectivity index (χ3v) is 2.96. The van der Waals surface area contributed by atoms with Crippen molar-refractivity contribution in [3.05, 3.63) is 27.5 Å². The molecule has 1 heterocycles. The Balaban J connectivity index is 2.96. The molecule has 0 amide bonds. The molecule has 18 heavy (non-hydrogen) atoms. The van der Waals surface area contributed by atoms with E-state index in [1.807, 2.05) is 6.92 Å². The van der Waals surface area contributed by atoms with Crippen molar-refractivity contribution in [3.63, 3.8) is 0 Å². The van der Waals surface area contributed by atoms with Gasteiger partial charge in [0.2, 0.25) is 5.75 Å². The minimum absolute atomic E-state index is 0.118. The van der Waals surface area contributed by atoms with Crippen molar-refractivity contribution < 1.29 is 18.8 Å². The normalized spacial score (nSPS) is 10.7. The van der Waals surface area contributed by atoms with Crippen LogP contribution in [0.5, 0.6) is 11.5 Å². The zero-order chi connectivity index (χ0) is 13.4. The summed E-state index contributed by atoms with van der Waals surface area (Å²) in [6.45, 7) is 3.66. The summed E-state index contributed by atoms with van der Waals surface area (Å²) in [6.07, 6.45) is 0. The van der Waals surface area contributed by atoms with Crippen molar-refractivity contribution in [2.24, 2.45) is 0 Å². The number of nitro benzene ring substituents is 1. The largest absolute Gasteiger partial charge is 0.496 e. The average Bonchev–Trinajstić information content (AvgIpc) is 2.64. The number of fused-ring (bicyclic) bond motifs is 1. The Kier molecular flexibility index (Phi) is 2.86. The number of hydrogen-bond acceptors (Lipinski definition) is 5. The Hall–Kier alpha value is -2.24. The molecule has 0 fully saturated rings. The second-order valence-electron chi connectivity index (χ2n) is 3.88. The van der Waals surface area contributed by atoms with Crippen molar-refractivity contribution in [1.82, 2.24) is 0 Å². The number of hydrogen-bond donors (Lipinski definition) is 0. The van der Waals surface area contributed by atoms with E-state index in [-0.39, 0.29) is 11.4 Å². The molecule has 0 spiro atoms. The molecule has 0 aliphatic carbocycles. The first-order valence-electron chi connectivity index (χ1n) is 5.30. The van der Waals surface area contributed by atoms with Crippen LogP contribution >= 0.6 is 0 Å². The van der Waals surface area contributed by atoms with E-state index < -0.39 is 4.92 Å². The monoisotopic (exact) mass is 251 g/mol. The quantitative estimate of drug-likeness (QED) is 0.619. The lowest BCUT2D eigenvalue weighted by molar-refractivity contribution is -0.385. The number of methoxy groups -OCH3 is 2. The number of furan rings is 1. The van der Waals surface area contributed by atoms with Crippen molar-refractivity contribution >= 4 is 16.7 Å². The number of aryl methyl sites for hydroxylation is 2. The highest BCUT2D eigenvalue weighted by atomic mass is 16.6. The molecular weight excluding hydrogens is 238 g/mol. The van der Waals surface area contributed by atoms with Crippen LogP contribution in [0.15, 0.2) is 10.5 Å². The summed E-state index contributed by atoms with van der Waals surface area (Å²) in [7, 11) is 2.84. The minimum Gasteiger partial charge on any atom is -0.496 e. The second kappa shape index (κ2) is 4.21. The molecule has 6 nitrogen and oxygen atoms in total. The van der Waals surface area contributed by atoms with Crippen molar-refractivity contribution in [2.45, 2.75) is 13.8 Å². The number of nitrogens with zero attached hydrogens (tertiary/aromatic N) is 1. The summed E-state index contributed by atoms with van der Waals surface area (Å²) in [6, 6.07) is 1.35. The van der Waals surface area contributed by atoms with Crippen LogP contribution in [-0.4, -0.2) is 19.1 Å². The highest BCUT2D eigenvalue weighted by Crippen LogP contribution is 2.44. The van der Waals surface area contributed by atoms with E-state index in [4.69, 9.17) is 13.9 Å². The molecule has 0 aliphatic heterocycles. The van der Waals surface area contributed by atoms with Crippen LogP contribution in [0.1, 0.15) is 11.3 Å². The molecule has 0 aliphatic rings. The van der Waals surface area contributed by atoms with Gasteiger partial charge in [0.25, 0.3) is 0 Å². The molecule has 96 valence electrons. The highest BCUT2D eigenvalue weighted by Gasteiger charge is 2.26. The third kappa shape index (κ3) is 1.57. The summed E-state index contributed by atoms with van der Waals surface area (Å²) >= 11 is 0. The number of ether oxygens (including phenoxy) is 2. The van der Waals surface area contributed by atoms with Gasteiger partial charge in [0.15, 0.2) is 5.58 Å². The zero-order valence-corrected chi connectivity index (χ0v) is 10.6. The maximum atomic E-state index is 11.0. The Bertz CT molecular complexity index is 629. The molecule has 0 saturated carbocycles. The molecule has 6 heteroatoms. The van der Waals surface area contributed by atoms with Gasteiger partial charge in [-0.05, 0) is 13.8 Å². The SMILES string of the molecule is COc1c([N+](=O)[O-])cc(OC)c2c(C)c(C)oc12. The highest BCUT2D eigenvalue weighted by molar-refractivity contribution is 5.95. The zero-order valence-electron chi connectivity index (χ0n) is 10.6. The molecule has 0 saturated heterocycles. The van der Waals surface area contributed by atoms with Gasteiger partial charge in [0, 0.05) is 5.56 Å². The van der Waals surface area contributed by atoms with Gasteiger partial charge in [-0.1, -0.05) is 0 Å². The average molecular weight is 251 g/mol. The molecule has 0 radical (unpaired) electrons. The van der Waals surface area contributed by atoms with E-state index in [1.54, 1.807) is 6.92 Å². The van der Waals surface area contributed by atoms with Crippen LogP contribution in [0, 0.1) is 24.0 Å². The first-order chi connectivity index (χ1) is 8.51. The first-order valence-corrected chi connectivity index (χ1v) is 5.30. The van der Waals surface area contributed by atoms with Crippen molar-refractivity contribution in [1.29, 1.82) is 0 Å².